The van der Waals surface area contributed by atoms with Crippen LogP contribution in [0.3, 0.4) is 0 Å². The van der Waals surface area contributed by atoms with E-state index >= 15 is 0 Å². The second kappa shape index (κ2) is 6.86. The fourth-order valence-corrected chi connectivity index (χ4v) is 3.79. The minimum Gasteiger partial charge on any atom is -0.308 e. The quantitative estimate of drug-likeness (QED) is 0.611. The van der Waals surface area contributed by atoms with Gasteiger partial charge in [0.1, 0.15) is 0 Å². The van der Waals surface area contributed by atoms with Gasteiger partial charge in [-0.1, -0.05) is 0 Å². The molecule has 0 saturated carbocycles. The Morgan fingerprint density at radius 1 is 1.21 bits per heavy atom. The van der Waals surface area contributed by atoms with Crippen LogP contribution in [0.1, 0.15) is 53.5 Å². The highest BCUT2D eigenvalue weighted by Crippen LogP contribution is 2.36. The predicted molar refractivity (Wildman–Crippen MR) is 104 cm³/mol. The van der Waals surface area contributed by atoms with Crippen LogP contribution in [-0.2, 0) is 12.6 Å². The summed E-state index contributed by atoms with van der Waals surface area (Å²) in [6, 6.07) is 5.48. The molecule has 1 aliphatic rings. The number of benzene rings is 1. The van der Waals surface area contributed by atoms with Crippen molar-refractivity contribution in [2.24, 2.45) is 0 Å². The molecule has 0 saturated heterocycles. The van der Waals surface area contributed by atoms with Gasteiger partial charge in [0, 0.05) is 23.7 Å². The number of hydrogen-bond donors (Lipinski definition) is 0. The lowest BCUT2D eigenvalue weighted by atomic mass is 9.98. The molecule has 0 bridgehead atoms. The first-order valence-electron chi connectivity index (χ1n) is 9.53. The van der Waals surface area contributed by atoms with Gasteiger partial charge in [-0.15, -0.1) is 0 Å². The van der Waals surface area contributed by atoms with E-state index in [0.29, 0.717) is 47.5 Å². The van der Waals surface area contributed by atoms with Gasteiger partial charge in [-0.3, -0.25) is 4.79 Å². The molecule has 1 amide bonds. The zero-order valence-corrected chi connectivity index (χ0v) is 16.4. The van der Waals surface area contributed by atoms with Crippen molar-refractivity contribution in [3.05, 3.63) is 52.8 Å². The van der Waals surface area contributed by atoms with Crippen LogP contribution in [0.5, 0.6) is 0 Å². The van der Waals surface area contributed by atoms with E-state index in [-0.39, 0.29) is 11.9 Å². The largest absolute Gasteiger partial charge is 0.416 e. The first-order chi connectivity index (χ1) is 13.7. The molecular weight excluding hydrogens is 381 g/mol. The Morgan fingerprint density at radius 2 is 1.97 bits per heavy atom. The van der Waals surface area contributed by atoms with Crippen molar-refractivity contribution in [1.82, 2.24) is 14.8 Å². The van der Waals surface area contributed by atoms with Crippen molar-refractivity contribution in [2.75, 3.05) is 11.4 Å². The Kier molecular flexibility index (Phi) is 4.59. The van der Waals surface area contributed by atoms with Gasteiger partial charge >= 0.3 is 6.18 Å². The van der Waals surface area contributed by atoms with Crippen molar-refractivity contribution in [3.8, 4) is 0 Å². The van der Waals surface area contributed by atoms with Crippen LogP contribution < -0.4 is 4.90 Å². The number of rotatable bonds is 2. The number of pyridine rings is 1. The lowest BCUT2D eigenvalue weighted by Crippen LogP contribution is -2.36. The summed E-state index contributed by atoms with van der Waals surface area (Å²) in [4.78, 5) is 19.4. The fourth-order valence-electron chi connectivity index (χ4n) is 3.79. The third-order valence-corrected chi connectivity index (χ3v) is 5.25. The number of aryl methyl sites for hydroxylation is 2. The molecule has 1 aliphatic heterocycles. The summed E-state index contributed by atoms with van der Waals surface area (Å²) in [5.41, 5.74) is 2.11. The van der Waals surface area contributed by atoms with Crippen LogP contribution in [-0.4, -0.2) is 27.2 Å². The van der Waals surface area contributed by atoms with E-state index in [9.17, 15) is 18.0 Å². The topological polar surface area (TPSA) is 51.0 Å². The molecule has 8 heteroatoms. The van der Waals surface area contributed by atoms with Crippen LogP contribution in [0.15, 0.2) is 30.5 Å². The number of aromatic nitrogens is 3. The van der Waals surface area contributed by atoms with Crippen LogP contribution in [0.25, 0.3) is 11.0 Å². The number of hydrogen-bond acceptors (Lipinski definition) is 3. The zero-order chi connectivity index (χ0) is 20.9. The Labute approximate surface area is 166 Å². The first kappa shape index (κ1) is 19.4. The minimum atomic E-state index is -4.40. The first-order valence-corrected chi connectivity index (χ1v) is 9.53. The summed E-state index contributed by atoms with van der Waals surface area (Å²) < 4.78 is 40.9. The molecule has 1 aromatic carbocycles. The predicted octanol–water partition coefficient (Wildman–Crippen LogP) is 4.93. The molecule has 152 valence electrons. The third kappa shape index (κ3) is 3.36. The van der Waals surface area contributed by atoms with Crippen LogP contribution in [0, 0.1) is 6.92 Å². The number of halogens is 3. The molecule has 0 N–H and O–H groups in total. The fraction of sp³-hybridized carbons (Fsp3) is 0.381. The molecule has 29 heavy (non-hydrogen) atoms. The summed E-state index contributed by atoms with van der Waals surface area (Å²) >= 11 is 0. The molecule has 3 heterocycles. The molecule has 5 nitrogen and oxygen atoms in total. The van der Waals surface area contributed by atoms with Crippen LogP contribution in [0.4, 0.5) is 18.9 Å². The summed E-state index contributed by atoms with van der Waals surface area (Å²) in [5.74, 6) is -0.255. The van der Waals surface area contributed by atoms with E-state index in [1.807, 2.05) is 13.8 Å². The van der Waals surface area contributed by atoms with Crippen molar-refractivity contribution >= 4 is 22.6 Å². The number of carbonyl (C=O) groups is 1. The van der Waals surface area contributed by atoms with E-state index in [4.69, 9.17) is 0 Å². The number of anilines is 1. The van der Waals surface area contributed by atoms with E-state index in [2.05, 4.69) is 10.1 Å². The molecular formula is C21H21F3N4O. The number of nitrogens with zero attached hydrogens (tertiary/aromatic N) is 4. The van der Waals surface area contributed by atoms with Gasteiger partial charge in [-0.25, -0.2) is 9.67 Å². The molecule has 0 spiro atoms. The second-order valence-corrected chi connectivity index (χ2v) is 7.62. The van der Waals surface area contributed by atoms with Gasteiger partial charge < -0.3 is 4.90 Å². The zero-order valence-electron chi connectivity index (χ0n) is 16.4. The van der Waals surface area contributed by atoms with E-state index in [1.54, 1.807) is 28.8 Å². The summed E-state index contributed by atoms with van der Waals surface area (Å²) in [6.45, 7) is 6.23. The maximum absolute atomic E-state index is 13.3. The summed E-state index contributed by atoms with van der Waals surface area (Å²) in [7, 11) is 0. The van der Waals surface area contributed by atoms with Gasteiger partial charge in [-0.2, -0.15) is 18.3 Å². The molecule has 0 atom stereocenters. The highest BCUT2D eigenvalue weighted by molar-refractivity contribution is 6.08. The highest BCUT2D eigenvalue weighted by atomic mass is 19.4. The monoisotopic (exact) mass is 402 g/mol. The number of carbonyl (C=O) groups excluding carboxylic acids is 1. The normalized spacial score (nSPS) is 14.5. The second-order valence-electron chi connectivity index (χ2n) is 7.62. The molecule has 0 unspecified atom stereocenters. The summed E-state index contributed by atoms with van der Waals surface area (Å²) in [6.07, 6.45) is -1.59. The minimum absolute atomic E-state index is 0.137. The molecule has 2 aromatic heterocycles. The molecule has 0 radical (unpaired) electrons. The maximum atomic E-state index is 13.3. The van der Waals surface area contributed by atoms with Crippen molar-refractivity contribution < 1.29 is 18.0 Å². The molecule has 3 aromatic rings. The lowest BCUT2D eigenvalue weighted by Gasteiger charge is -2.30. The highest BCUT2D eigenvalue weighted by Gasteiger charge is 2.33. The van der Waals surface area contributed by atoms with Gasteiger partial charge in [0.15, 0.2) is 5.65 Å². The third-order valence-electron chi connectivity index (χ3n) is 5.25. The van der Waals surface area contributed by atoms with E-state index < -0.39 is 11.7 Å². The SMILES string of the molecule is Cc1nc2c(cnn2C(C)C)cc1C(=O)N1CCCc2cc(C(F)(F)F)ccc21. The van der Waals surface area contributed by atoms with Gasteiger partial charge in [0.2, 0.25) is 0 Å². The maximum Gasteiger partial charge on any atom is 0.416 e. The lowest BCUT2D eigenvalue weighted by molar-refractivity contribution is -0.137. The van der Waals surface area contributed by atoms with Gasteiger partial charge in [-0.05, 0) is 63.4 Å². The Balaban J connectivity index is 1.74. The number of fused-ring (bicyclic) bond motifs is 2. The Hall–Kier alpha value is -2.90. The van der Waals surface area contributed by atoms with E-state index in [0.717, 1.165) is 17.5 Å². The average molecular weight is 402 g/mol. The number of alkyl halides is 3. The van der Waals surface area contributed by atoms with Gasteiger partial charge in [0.05, 0.1) is 23.0 Å². The summed E-state index contributed by atoms with van der Waals surface area (Å²) in [5, 5.41) is 5.10. The Bertz CT molecular complexity index is 1100. The van der Waals surface area contributed by atoms with Crippen molar-refractivity contribution in [2.45, 2.75) is 45.8 Å². The van der Waals surface area contributed by atoms with Gasteiger partial charge in [0.25, 0.3) is 5.91 Å². The Morgan fingerprint density at radius 3 is 2.66 bits per heavy atom. The molecule has 4 rings (SSSR count). The van der Waals surface area contributed by atoms with Crippen LogP contribution >= 0.6 is 0 Å². The standard InChI is InChI=1S/C21H21F3N4O/c1-12(2)28-19-15(11-25-28)10-17(13(3)26-19)20(29)27-8-4-5-14-9-16(21(22,23)24)6-7-18(14)27/h6-7,9-12H,4-5,8H2,1-3H3. The smallest absolute Gasteiger partial charge is 0.308 e. The van der Waals surface area contributed by atoms with E-state index in [1.165, 1.54) is 6.07 Å². The van der Waals surface area contributed by atoms with Crippen molar-refractivity contribution in [3.63, 3.8) is 0 Å². The molecule has 0 fully saturated rings. The van der Waals surface area contributed by atoms with Crippen molar-refractivity contribution in [1.29, 1.82) is 0 Å². The van der Waals surface area contributed by atoms with Crippen LogP contribution in [0.2, 0.25) is 0 Å². The number of amides is 1. The molecule has 0 aliphatic carbocycles. The average Bonchev–Trinajstić information content (AvgIpc) is 3.08.